The van der Waals surface area contributed by atoms with E-state index in [-0.39, 0.29) is 5.60 Å². The zero-order chi connectivity index (χ0) is 18.2. The Morgan fingerprint density at radius 2 is 1.62 bits per heavy atom. The highest BCUT2D eigenvalue weighted by molar-refractivity contribution is 6.67. The maximum Gasteiger partial charge on any atom is 0.194 e. The van der Waals surface area contributed by atoms with Crippen molar-refractivity contribution in [3.05, 3.63) is 59.2 Å². The molecule has 0 radical (unpaired) electrons. The number of rotatable bonds is 8. The van der Waals surface area contributed by atoms with Crippen molar-refractivity contribution in [2.24, 2.45) is 0 Å². The maximum atomic E-state index is 6.04. The van der Waals surface area contributed by atoms with Crippen molar-refractivity contribution in [3.63, 3.8) is 0 Å². The third kappa shape index (κ3) is 9.13. The molecular weight excluding hydrogens is 363 g/mol. The Balaban J connectivity index is 2.41. The molecule has 0 amide bonds. The molecule has 0 fully saturated rings. The Bertz CT molecular complexity index is 554. The molecule has 0 aliphatic heterocycles. The largest absolute Gasteiger partial charge is 0.367 e. The van der Waals surface area contributed by atoms with Gasteiger partial charge >= 0.3 is 0 Å². The third-order valence-corrected chi connectivity index (χ3v) is 4.26. The average molecular weight is 390 g/mol. The summed E-state index contributed by atoms with van der Waals surface area (Å²) in [5.74, 6) is 0. The number of alkyl halides is 3. The first kappa shape index (κ1) is 21.6. The van der Waals surface area contributed by atoms with Gasteiger partial charge in [-0.25, -0.2) is 0 Å². The van der Waals surface area contributed by atoms with Crippen molar-refractivity contribution in [1.29, 1.82) is 0 Å². The molecule has 0 saturated heterocycles. The molecule has 0 saturated carbocycles. The highest BCUT2D eigenvalue weighted by Gasteiger charge is 2.20. The van der Waals surface area contributed by atoms with E-state index >= 15 is 0 Å². The van der Waals surface area contributed by atoms with Crippen LogP contribution in [0.25, 0.3) is 0 Å². The van der Waals surface area contributed by atoms with E-state index in [1.165, 1.54) is 11.1 Å². The molecule has 1 rings (SSSR count). The second kappa shape index (κ2) is 9.87. The average Bonchev–Trinajstić information content (AvgIpc) is 2.46. The van der Waals surface area contributed by atoms with Crippen LogP contribution in [0.1, 0.15) is 52.5 Å². The minimum atomic E-state index is -1.21. The summed E-state index contributed by atoms with van der Waals surface area (Å²) >= 11 is 17.4. The Hall–Kier alpha value is -0.470. The van der Waals surface area contributed by atoms with E-state index in [1.54, 1.807) is 0 Å². The van der Waals surface area contributed by atoms with Crippen LogP contribution in [0.5, 0.6) is 0 Å². The van der Waals surface area contributed by atoms with Crippen molar-refractivity contribution in [2.45, 2.75) is 56.4 Å². The zero-order valence-electron chi connectivity index (χ0n) is 14.9. The quantitative estimate of drug-likeness (QED) is 0.333. The van der Waals surface area contributed by atoms with Crippen LogP contribution in [0.3, 0.4) is 0 Å². The highest BCUT2D eigenvalue weighted by Crippen LogP contribution is 2.33. The summed E-state index contributed by atoms with van der Waals surface area (Å²) in [5.41, 5.74) is 3.29. The molecule has 134 valence electrons. The number of benzene rings is 1. The van der Waals surface area contributed by atoms with Gasteiger partial charge in [0.25, 0.3) is 0 Å². The van der Waals surface area contributed by atoms with E-state index in [4.69, 9.17) is 39.5 Å². The van der Waals surface area contributed by atoms with E-state index in [2.05, 4.69) is 45.1 Å². The van der Waals surface area contributed by atoms with Gasteiger partial charge in [-0.1, -0.05) is 88.4 Å². The molecule has 0 atom stereocenters. The van der Waals surface area contributed by atoms with E-state index in [1.807, 2.05) is 25.1 Å². The molecule has 0 bridgehead atoms. The van der Waals surface area contributed by atoms with Crippen LogP contribution in [0.4, 0.5) is 0 Å². The molecular formula is C20H27Cl3O. The lowest BCUT2D eigenvalue weighted by Gasteiger charge is -2.25. The summed E-state index contributed by atoms with van der Waals surface area (Å²) in [6, 6.07) is 10.3. The fraction of sp³-hybridized carbons (Fsp3) is 0.500. The summed E-state index contributed by atoms with van der Waals surface area (Å²) < 4.78 is 4.83. The minimum absolute atomic E-state index is 0.293. The van der Waals surface area contributed by atoms with Gasteiger partial charge in [0.2, 0.25) is 0 Å². The Morgan fingerprint density at radius 3 is 2.21 bits per heavy atom. The molecule has 24 heavy (non-hydrogen) atoms. The SMILES string of the molecule is C/C(=C\COC(C)(C)c1ccccc1)CC/C=C(\C)CC(Cl)(Cl)Cl. The van der Waals surface area contributed by atoms with Crippen LogP contribution >= 0.6 is 34.8 Å². The second-order valence-electron chi connectivity index (χ2n) is 6.62. The van der Waals surface area contributed by atoms with Gasteiger partial charge in [0.15, 0.2) is 3.79 Å². The van der Waals surface area contributed by atoms with Crippen molar-refractivity contribution in [3.8, 4) is 0 Å². The predicted octanol–water partition coefficient (Wildman–Crippen LogP) is 7.37. The predicted molar refractivity (Wildman–Crippen MR) is 107 cm³/mol. The maximum absolute atomic E-state index is 6.04. The van der Waals surface area contributed by atoms with Gasteiger partial charge in [-0.15, -0.1) is 0 Å². The number of hydrogen-bond donors (Lipinski definition) is 0. The summed E-state index contributed by atoms with van der Waals surface area (Å²) in [7, 11) is 0. The third-order valence-electron chi connectivity index (χ3n) is 3.86. The first-order valence-corrected chi connectivity index (χ1v) is 9.31. The lowest BCUT2D eigenvalue weighted by atomic mass is 9.98. The molecule has 0 unspecified atom stereocenters. The standard InChI is InChI=1S/C20H27Cl3O/c1-16(9-8-10-17(2)15-20(21,22)23)13-14-24-19(3,4)18-11-6-5-7-12-18/h5-7,10-13H,8-9,14-15H2,1-4H3/b16-13+,17-10+. The molecule has 0 heterocycles. The van der Waals surface area contributed by atoms with E-state index in [0.717, 1.165) is 18.4 Å². The van der Waals surface area contributed by atoms with Crippen LogP contribution in [0.2, 0.25) is 0 Å². The smallest absolute Gasteiger partial charge is 0.194 e. The van der Waals surface area contributed by atoms with E-state index < -0.39 is 3.79 Å². The fourth-order valence-electron chi connectivity index (χ4n) is 2.35. The van der Waals surface area contributed by atoms with E-state index in [9.17, 15) is 0 Å². The second-order valence-corrected chi connectivity index (χ2v) is 9.13. The van der Waals surface area contributed by atoms with Crippen LogP contribution in [-0.2, 0) is 10.3 Å². The minimum Gasteiger partial charge on any atom is -0.367 e. The van der Waals surface area contributed by atoms with Crippen LogP contribution in [0, 0.1) is 0 Å². The normalized spacial score (nSPS) is 14.1. The van der Waals surface area contributed by atoms with Crippen molar-refractivity contribution in [2.75, 3.05) is 6.61 Å². The molecule has 0 aromatic heterocycles. The first-order chi connectivity index (χ1) is 11.1. The summed E-state index contributed by atoms with van der Waals surface area (Å²) in [5, 5.41) is 0. The van der Waals surface area contributed by atoms with Gasteiger partial charge in [-0.2, -0.15) is 0 Å². The Morgan fingerprint density at radius 1 is 1.00 bits per heavy atom. The number of hydrogen-bond acceptors (Lipinski definition) is 1. The Kier molecular flexibility index (Phi) is 8.87. The highest BCUT2D eigenvalue weighted by atomic mass is 35.6. The topological polar surface area (TPSA) is 9.23 Å². The lowest BCUT2D eigenvalue weighted by Crippen LogP contribution is -2.21. The first-order valence-electron chi connectivity index (χ1n) is 8.17. The molecule has 0 spiro atoms. The van der Waals surface area contributed by atoms with Crippen LogP contribution in [-0.4, -0.2) is 10.4 Å². The number of ether oxygens (including phenoxy) is 1. The zero-order valence-corrected chi connectivity index (χ0v) is 17.2. The fourth-order valence-corrected chi connectivity index (χ4v) is 2.98. The Labute approximate surface area is 161 Å². The van der Waals surface area contributed by atoms with E-state index in [0.29, 0.717) is 13.0 Å². The molecule has 0 N–H and O–H groups in total. The summed E-state index contributed by atoms with van der Waals surface area (Å²) in [6.07, 6.45) is 6.66. The van der Waals surface area contributed by atoms with Gasteiger partial charge in [0.05, 0.1) is 12.2 Å². The molecule has 0 aliphatic carbocycles. The number of allylic oxidation sites excluding steroid dienone is 3. The monoisotopic (exact) mass is 388 g/mol. The van der Waals surface area contributed by atoms with Gasteiger partial charge in [0.1, 0.15) is 0 Å². The molecule has 1 aromatic carbocycles. The molecule has 1 aromatic rings. The van der Waals surface area contributed by atoms with Crippen molar-refractivity contribution >= 4 is 34.8 Å². The summed E-state index contributed by atoms with van der Waals surface area (Å²) in [4.78, 5) is 0. The molecule has 0 aliphatic rings. The van der Waals surface area contributed by atoms with Crippen molar-refractivity contribution < 1.29 is 4.74 Å². The molecule has 1 nitrogen and oxygen atoms in total. The molecule has 4 heteroatoms. The van der Waals surface area contributed by atoms with Gasteiger partial charge < -0.3 is 4.74 Å². The summed E-state index contributed by atoms with van der Waals surface area (Å²) in [6.45, 7) is 8.90. The van der Waals surface area contributed by atoms with Gasteiger partial charge in [-0.05, 0) is 46.1 Å². The number of halogens is 3. The van der Waals surface area contributed by atoms with Gasteiger partial charge in [-0.3, -0.25) is 0 Å². The van der Waals surface area contributed by atoms with Gasteiger partial charge in [0, 0.05) is 6.42 Å². The van der Waals surface area contributed by atoms with Crippen molar-refractivity contribution in [1.82, 2.24) is 0 Å². The lowest BCUT2D eigenvalue weighted by molar-refractivity contribution is -0.00497. The van der Waals surface area contributed by atoms with Crippen LogP contribution in [0.15, 0.2) is 53.6 Å². The van der Waals surface area contributed by atoms with Crippen LogP contribution < -0.4 is 0 Å².